The molecule has 19 heavy (non-hydrogen) atoms. The molecular formula is C17H28N2. The SMILES string of the molecule is CCC(N)Cc1ccccc1N1CCC(CC)CC1. The minimum absolute atomic E-state index is 0.286. The first kappa shape index (κ1) is 14.4. The third kappa shape index (κ3) is 3.73. The third-order valence-corrected chi connectivity index (χ3v) is 4.53. The van der Waals surface area contributed by atoms with Gasteiger partial charge in [-0.05, 0) is 43.2 Å². The number of piperidine rings is 1. The van der Waals surface area contributed by atoms with Gasteiger partial charge >= 0.3 is 0 Å². The molecule has 2 nitrogen and oxygen atoms in total. The fourth-order valence-corrected chi connectivity index (χ4v) is 3.00. The quantitative estimate of drug-likeness (QED) is 0.876. The lowest BCUT2D eigenvalue weighted by Crippen LogP contribution is -2.34. The summed E-state index contributed by atoms with van der Waals surface area (Å²) in [5, 5.41) is 0. The Morgan fingerprint density at radius 1 is 1.21 bits per heavy atom. The van der Waals surface area contributed by atoms with E-state index in [-0.39, 0.29) is 6.04 Å². The summed E-state index contributed by atoms with van der Waals surface area (Å²) in [6.07, 6.45) is 6.05. The van der Waals surface area contributed by atoms with Crippen LogP contribution in [0.25, 0.3) is 0 Å². The molecule has 0 aromatic heterocycles. The number of benzene rings is 1. The molecule has 0 aliphatic carbocycles. The molecule has 1 aliphatic heterocycles. The summed E-state index contributed by atoms with van der Waals surface area (Å²) in [7, 11) is 0. The Bertz CT molecular complexity index is 381. The van der Waals surface area contributed by atoms with E-state index in [4.69, 9.17) is 5.73 Å². The van der Waals surface area contributed by atoms with E-state index in [1.54, 1.807) is 0 Å². The molecule has 0 saturated carbocycles. The lowest BCUT2D eigenvalue weighted by Gasteiger charge is -2.34. The van der Waals surface area contributed by atoms with Crippen LogP contribution in [0.2, 0.25) is 0 Å². The van der Waals surface area contributed by atoms with Crippen molar-refractivity contribution in [3.63, 3.8) is 0 Å². The summed E-state index contributed by atoms with van der Waals surface area (Å²) in [6, 6.07) is 9.09. The molecule has 1 heterocycles. The number of hydrogen-bond donors (Lipinski definition) is 1. The molecule has 2 rings (SSSR count). The van der Waals surface area contributed by atoms with Gasteiger partial charge < -0.3 is 10.6 Å². The molecule has 1 unspecified atom stereocenters. The highest BCUT2D eigenvalue weighted by molar-refractivity contribution is 5.54. The van der Waals surface area contributed by atoms with E-state index < -0.39 is 0 Å². The smallest absolute Gasteiger partial charge is 0.0399 e. The van der Waals surface area contributed by atoms with Gasteiger partial charge in [-0.25, -0.2) is 0 Å². The van der Waals surface area contributed by atoms with Crippen LogP contribution in [0.5, 0.6) is 0 Å². The average Bonchev–Trinajstić information content (AvgIpc) is 2.48. The Labute approximate surface area is 118 Å². The highest BCUT2D eigenvalue weighted by atomic mass is 15.1. The summed E-state index contributed by atoms with van der Waals surface area (Å²) < 4.78 is 0. The lowest BCUT2D eigenvalue weighted by molar-refractivity contribution is 0.394. The molecule has 1 atom stereocenters. The van der Waals surface area contributed by atoms with Crippen LogP contribution in [0.15, 0.2) is 24.3 Å². The lowest BCUT2D eigenvalue weighted by atomic mass is 9.93. The van der Waals surface area contributed by atoms with Gasteiger partial charge in [-0.3, -0.25) is 0 Å². The van der Waals surface area contributed by atoms with E-state index >= 15 is 0 Å². The van der Waals surface area contributed by atoms with E-state index in [9.17, 15) is 0 Å². The fraction of sp³-hybridized carbons (Fsp3) is 0.647. The van der Waals surface area contributed by atoms with Crippen molar-refractivity contribution >= 4 is 5.69 Å². The van der Waals surface area contributed by atoms with Crippen LogP contribution >= 0.6 is 0 Å². The first-order valence-electron chi connectivity index (χ1n) is 7.83. The molecule has 0 spiro atoms. The maximum absolute atomic E-state index is 6.13. The van der Waals surface area contributed by atoms with Crippen molar-refractivity contribution in [2.45, 2.75) is 52.0 Å². The van der Waals surface area contributed by atoms with Gasteiger partial charge in [-0.15, -0.1) is 0 Å². The Kier molecular flexibility index (Phi) is 5.26. The molecule has 0 amide bonds. The summed E-state index contributed by atoms with van der Waals surface area (Å²) in [6.45, 7) is 6.89. The number of nitrogens with zero attached hydrogens (tertiary/aromatic N) is 1. The third-order valence-electron chi connectivity index (χ3n) is 4.53. The Morgan fingerprint density at radius 3 is 2.53 bits per heavy atom. The molecule has 2 N–H and O–H groups in total. The van der Waals surface area contributed by atoms with Crippen molar-refractivity contribution in [1.29, 1.82) is 0 Å². The maximum Gasteiger partial charge on any atom is 0.0399 e. The fourth-order valence-electron chi connectivity index (χ4n) is 3.00. The van der Waals surface area contributed by atoms with Gasteiger partial charge in [0.05, 0.1) is 0 Å². The number of para-hydroxylation sites is 1. The zero-order valence-electron chi connectivity index (χ0n) is 12.4. The molecule has 1 saturated heterocycles. The van der Waals surface area contributed by atoms with Crippen LogP contribution in [0.3, 0.4) is 0 Å². The average molecular weight is 260 g/mol. The van der Waals surface area contributed by atoms with Gasteiger partial charge in [0.25, 0.3) is 0 Å². The minimum atomic E-state index is 0.286. The zero-order valence-corrected chi connectivity index (χ0v) is 12.4. The first-order chi connectivity index (χ1) is 9.24. The van der Waals surface area contributed by atoms with Gasteiger partial charge in [-0.2, -0.15) is 0 Å². The van der Waals surface area contributed by atoms with Crippen LogP contribution in [0.1, 0.15) is 45.1 Å². The van der Waals surface area contributed by atoms with Gasteiger partial charge in [0, 0.05) is 24.8 Å². The summed E-state index contributed by atoms with van der Waals surface area (Å²) in [5.41, 5.74) is 8.97. The van der Waals surface area contributed by atoms with Crippen LogP contribution in [0.4, 0.5) is 5.69 Å². The van der Waals surface area contributed by atoms with Crippen LogP contribution < -0.4 is 10.6 Å². The molecular weight excluding hydrogens is 232 g/mol. The standard InChI is InChI=1S/C17H28N2/c1-3-14-9-11-19(12-10-14)17-8-6-5-7-15(17)13-16(18)4-2/h5-8,14,16H,3-4,9-13,18H2,1-2H3. The predicted molar refractivity (Wildman–Crippen MR) is 83.6 cm³/mol. The summed E-state index contributed by atoms with van der Waals surface area (Å²) in [4.78, 5) is 2.56. The van der Waals surface area contributed by atoms with E-state index in [0.29, 0.717) is 0 Å². The van der Waals surface area contributed by atoms with Gasteiger partial charge in [-0.1, -0.05) is 38.5 Å². The van der Waals surface area contributed by atoms with Crippen LogP contribution in [-0.2, 0) is 6.42 Å². The second-order valence-electron chi connectivity index (χ2n) is 5.84. The molecule has 1 aromatic carbocycles. The topological polar surface area (TPSA) is 29.3 Å². The van der Waals surface area contributed by atoms with Crippen molar-refractivity contribution in [2.75, 3.05) is 18.0 Å². The monoisotopic (exact) mass is 260 g/mol. The Hall–Kier alpha value is -1.02. The summed E-state index contributed by atoms with van der Waals surface area (Å²) >= 11 is 0. The van der Waals surface area contributed by atoms with E-state index in [2.05, 4.69) is 43.0 Å². The number of nitrogens with two attached hydrogens (primary N) is 1. The first-order valence-corrected chi connectivity index (χ1v) is 7.83. The predicted octanol–water partition coefficient (Wildman–Crippen LogP) is 3.59. The van der Waals surface area contributed by atoms with Gasteiger partial charge in [0.15, 0.2) is 0 Å². The molecule has 1 aliphatic rings. The largest absolute Gasteiger partial charge is 0.371 e. The molecule has 0 bridgehead atoms. The second kappa shape index (κ2) is 6.95. The van der Waals surface area contributed by atoms with Crippen LogP contribution in [-0.4, -0.2) is 19.1 Å². The Morgan fingerprint density at radius 2 is 1.89 bits per heavy atom. The molecule has 106 valence electrons. The zero-order chi connectivity index (χ0) is 13.7. The van der Waals surface area contributed by atoms with Gasteiger partial charge in [0.1, 0.15) is 0 Å². The van der Waals surface area contributed by atoms with Crippen LogP contribution in [0, 0.1) is 5.92 Å². The van der Waals surface area contributed by atoms with Crippen molar-refractivity contribution in [3.05, 3.63) is 29.8 Å². The highest BCUT2D eigenvalue weighted by Crippen LogP contribution is 2.28. The van der Waals surface area contributed by atoms with Gasteiger partial charge in [0.2, 0.25) is 0 Å². The highest BCUT2D eigenvalue weighted by Gasteiger charge is 2.20. The van der Waals surface area contributed by atoms with E-state index in [1.165, 1.54) is 43.6 Å². The maximum atomic E-state index is 6.13. The normalized spacial score (nSPS) is 18.6. The molecule has 0 radical (unpaired) electrons. The van der Waals surface area contributed by atoms with Crippen molar-refractivity contribution < 1.29 is 0 Å². The summed E-state index contributed by atoms with van der Waals surface area (Å²) in [5.74, 6) is 0.932. The number of rotatable bonds is 5. The van der Waals surface area contributed by atoms with Crippen molar-refractivity contribution in [3.8, 4) is 0 Å². The number of anilines is 1. The van der Waals surface area contributed by atoms with E-state index in [0.717, 1.165) is 18.8 Å². The van der Waals surface area contributed by atoms with E-state index in [1.807, 2.05) is 0 Å². The Balaban J connectivity index is 2.07. The van der Waals surface area contributed by atoms with Crippen molar-refractivity contribution in [2.24, 2.45) is 11.7 Å². The van der Waals surface area contributed by atoms with Crippen molar-refractivity contribution in [1.82, 2.24) is 0 Å². The number of hydrogen-bond acceptors (Lipinski definition) is 2. The second-order valence-corrected chi connectivity index (χ2v) is 5.84. The minimum Gasteiger partial charge on any atom is -0.371 e. The molecule has 2 heteroatoms. The molecule has 1 fully saturated rings. The molecule has 1 aromatic rings.